The Bertz CT molecular complexity index is 509. The van der Waals surface area contributed by atoms with Gasteiger partial charge in [-0.15, -0.1) is 0 Å². The molecule has 2 aromatic rings. The molecule has 1 N–H and O–H groups in total. The molecule has 0 bridgehead atoms. The van der Waals surface area contributed by atoms with Crippen molar-refractivity contribution in [2.75, 3.05) is 5.32 Å². The lowest BCUT2D eigenvalue weighted by atomic mass is 10.2. The van der Waals surface area contributed by atoms with Crippen molar-refractivity contribution in [3.63, 3.8) is 0 Å². The van der Waals surface area contributed by atoms with Crippen LogP contribution in [0.25, 0.3) is 5.69 Å². The fourth-order valence-corrected chi connectivity index (χ4v) is 2.47. The van der Waals surface area contributed by atoms with E-state index in [9.17, 15) is 0 Å². The number of hydrogen-bond acceptors (Lipinski definition) is 3. The Morgan fingerprint density at radius 3 is 2.78 bits per heavy atom. The smallest absolute Gasteiger partial charge is 0.207 e. The first kappa shape index (κ1) is 11.3. The van der Waals surface area contributed by atoms with Gasteiger partial charge in [0.05, 0.1) is 11.9 Å². The van der Waals surface area contributed by atoms with Gasteiger partial charge in [-0.2, -0.15) is 0 Å². The van der Waals surface area contributed by atoms with Gasteiger partial charge in [-0.05, 0) is 31.9 Å². The Kier molecular flexibility index (Phi) is 3.00. The summed E-state index contributed by atoms with van der Waals surface area (Å²) in [7, 11) is 0. The van der Waals surface area contributed by atoms with Gasteiger partial charge in [0.15, 0.2) is 0 Å². The van der Waals surface area contributed by atoms with Crippen LogP contribution in [0.1, 0.15) is 31.4 Å². The minimum atomic E-state index is 0.574. The second-order valence-corrected chi connectivity index (χ2v) is 4.90. The molecular weight excluding hydrogens is 224 g/mol. The predicted octanol–water partition coefficient (Wildman–Crippen LogP) is 2.93. The molecule has 0 saturated heterocycles. The van der Waals surface area contributed by atoms with E-state index in [0.29, 0.717) is 6.04 Å². The van der Waals surface area contributed by atoms with Crippen molar-refractivity contribution in [3.05, 3.63) is 36.4 Å². The zero-order chi connectivity index (χ0) is 12.4. The first-order chi connectivity index (χ1) is 8.83. The largest absolute Gasteiger partial charge is 0.353 e. The van der Waals surface area contributed by atoms with Crippen molar-refractivity contribution in [2.45, 2.75) is 38.6 Å². The molecule has 2 heterocycles. The second-order valence-electron chi connectivity index (χ2n) is 4.90. The molecule has 3 rings (SSSR count). The number of rotatable bonds is 3. The highest BCUT2D eigenvalue weighted by Crippen LogP contribution is 2.22. The molecule has 1 fully saturated rings. The quantitative estimate of drug-likeness (QED) is 0.899. The van der Waals surface area contributed by atoms with Crippen molar-refractivity contribution >= 4 is 5.95 Å². The van der Waals surface area contributed by atoms with E-state index in [1.807, 2.05) is 31.6 Å². The summed E-state index contributed by atoms with van der Waals surface area (Å²) < 4.78 is 2.06. The van der Waals surface area contributed by atoms with E-state index in [-0.39, 0.29) is 0 Å². The van der Waals surface area contributed by atoms with Crippen LogP contribution in [0.3, 0.4) is 0 Å². The first-order valence-electron chi connectivity index (χ1n) is 6.56. The van der Waals surface area contributed by atoms with Crippen LogP contribution in [0.4, 0.5) is 5.95 Å². The molecule has 0 spiro atoms. The van der Waals surface area contributed by atoms with Gasteiger partial charge >= 0.3 is 0 Å². The van der Waals surface area contributed by atoms with Gasteiger partial charge in [0.1, 0.15) is 0 Å². The van der Waals surface area contributed by atoms with E-state index in [4.69, 9.17) is 0 Å². The van der Waals surface area contributed by atoms with E-state index in [2.05, 4.69) is 25.9 Å². The predicted molar refractivity (Wildman–Crippen MR) is 72.0 cm³/mol. The van der Waals surface area contributed by atoms with Gasteiger partial charge in [0.2, 0.25) is 5.95 Å². The van der Waals surface area contributed by atoms with Crippen LogP contribution in [0, 0.1) is 6.92 Å². The number of nitrogens with one attached hydrogen (secondary N) is 1. The molecule has 94 valence electrons. The number of hydrogen-bond donors (Lipinski definition) is 1. The maximum atomic E-state index is 4.40. The summed E-state index contributed by atoms with van der Waals surface area (Å²) >= 11 is 0. The van der Waals surface area contributed by atoms with Crippen molar-refractivity contribution in [2.24, 2.45) is 0 Å². The van der Waals surface area contributed by atoms with Crippen LogP contribution in [0.15, 0.2) is 30.7 Å². The van der Waals surface area contributed by atoms with E-state index in [0.717, 1.165) is 17.3 Å². The number of pyridine rings is 1. The molecule has 1 aliphatic rings. The normalized spacial score (nSPS) is 16.1. The summed E-state index contributed by atoms with van der Waals surface area (Å²) in [6, 6.07) is 4.67. The van der Waals surface area contributed by atoms with Gasteiger partial charge < -0.3 is 5.32 Å². The molecule has 18 heavy (non-hydrogen) atoms. The number of anilines is 1. The van der Waals surface area contributed by atoms with Gasteiger partial charge in [0.25, 0.3) is 0 Å². The molecule has 0 aliphatic heterocycles. The maximum Gasteiger partial charge on any atom is 0.207 e. The van der Waals surface area contributed by atoms with Crippen LogP contribution in [0.2, 0.25) is 0 Å². The summed E-state index contributed by atoms with van der Waals surface area (Å²) in [5, 5.41) is 3.53. The summed E-state index contributed by atoms with van der Waals surface area (Å²) in [5.74, 6) is 0.924. The topological polar surface area (TPSA) is 42.7 Å². The summed E-state index contributed by atoms with van der Waals surface area (Å²) in [6.45, 7) is 2.00. The SMILES string of the molecule is Cc1ccc(-n2ccnc2NC2CCCC2)cn1. The molecule has 0 unspecified atom stereocenters. The Labute approximate surface area is 107 Å². The molecule has 4 heteroatoms. The second kappa shape index (κ2) is 4.80. The summed E-state index contributed by atoms with van der Waals surface area (Å²) in [4.78, 5) is 8.73. The van der Waals surface area contributed by atoms with E-state index < -0.39 is 0 Å². The number of aromatic nitrogens is 3. The molecule has 0 radical (unpaired) electrons. The van der Waals surface area contributed by atoms with Crippen LogP contribution in [-0.2, 0) is 0 Å². The molecule has 4 nitrogen and oxygen atoms in total. The van der Waals surface area contributed by atoms with Crippen LogP contribution < -0.4 is 5.32 Å². The van der Waals surface area contributed by atoms with Crippen molar-refractivity contribution in [1.29, 1.82) is 0 Å². The molecule has 2 aromatic heterocycles. The van der Waals surface area contributed by atoms with Crippen LogP contribution >= 0.6 is 0 Å². The standard InChI is InChI=1S/C14H18N4/c1-11-6-7-13(10-16-11)18-9-8-15-14(18)17-12-4-2-3-5-12/h6-10,12H,2-5H2,1H3,(H,15,17). The van der Waals surface area contributed by atoms with Gasteiger partial charge in [-0.3, -0.25) is 9.55 Å². The number of imidazole rings is 1. The first-order valence-corrected chi connectivity index (χ1v) is 6.56. The summed E-state index contributed by atoms with van der Waals surface area (Å²) in [5.41, 5.74) is 2.09. The molecular formula is C14H18N4. The molecule has 1 aliphatic carbocycles. The fourth-order valence-electron chi connectivity index (χ4n) is 2.47. The highest BCUT2D eigenvalue weighted by Gasteiger charge is 2.16. The minimum absolute atomic E-state index is 0.574. The third kappa shape index (κ3) is 2.23. The average Bonchev–Trinajstić information content (AvgIpc) is 3.02. The Balaban J connectivity index is 1.84. The van der Waals surface area contributed by atoms with Gasteiger partial charge in [-0.1, -0.05) is 12.8 Å². The Morgan fingerprint density at radius 1 is 1.22 bits per heavy atom. The minimum Gasteiger partial charge on any atom is -0.353 e. The van der Waals surface area contributed by atoms with E-state index in [1.54, 1.807) is 0 Å². The highest BCUT2D eigenvalue weighted by molar-refractivity contribution is 5.41. The molecule has 0 amide bonds. The zero-order valence-electron chi connectivity index (χ0n) is 10.6. The lowest BCUT2D eigenvalue weighted by Gasteiger charge is -2.14. The highest BCUT2D eigenvalue weighted by atomic mass is 15.2. The summed E-state index contributed by atoms with van der Waals surface area (Å²) in [6.07, 6.45) is 10.8. The van der Waals surface area contributed by atoms with E-state index in [1.165, 1.54) is 25.7 Å². The number of nitrogens with zero attached hydrogens (tertiary/aromatic N) is 3. The van der Waals surface area contributed by atoms with Crippen LogP contribution in [-0.4, -0.2) is 20.6 Å². The molecule has 1 saturated carbocycles. The van der Waals surface area contributed by atoms with E-state index >= 15 is 0 Å². The van der Waals surface area contributed by atoms with Crippen molar-refractivity contribution in [1.82, 2.24) is 14.5 Å². The molecule has 0 atom stereocenters. The Hall–Kier alpha value is -1.84. The Morgan fingerprint density at radius 2 is 2.06 bits per heavy atom. The maximum absolute atomic E-state index is 4.40. The monoisotopic (exact) mass is 242 g/mol. The fraction of sp³-hybridized carbons (Fsp3) is 0.429. The van der Waals surface area contributed by atoms with Crippen LogP contribution in [0.5, 0.6) is 0 Å². The van der Waals surface area contributed by atoms with Crippen molar-refractivity contribution < 1.29 is 0 Å². The third-order valence-corrected chi connectivity index (χ3v) is 3.50. The molecule has 0 aromatic carbocycles. The average molecular weight is 242 g/mol. The van der Waals surface area contributed by atoms with Gasteiger partial charge in [-0.25, -0.2) is 4.98 Å². The van der Waals surface area contributed by atoms with Gasteiger partial charge in [0, 0.05) is 24.1 Å². The third-order valence-electron chi connectivity index (χ3n) is 3.50. The zero-order valence-corrected chi connectivity index (χ0v) is 10.6. The van der Waals surface area contributed by atoms with Crippen molar-refractivity contribution in [3.8, 4) is 5.69 Å². The lowest BCUT2D eigenvalue weighted by molar-refractivity contribution is 0.740. The lowest BCUT2D eigenvalue weighted by Crippen LogP contribution is -2.17. The number of aryl methyl sites for hydroxylation is 1.